The van der Waals surface area contributed by atoms with E-state index in [-0.39, 0.29) is 11.0 Å². The Morgan fingerprint density at radius 3 is 1.87 bits per heavy atom. The van der Waals surface area contributed by atoms with Crippen molar-refractivity contribution in [3.63, 3.8) is 0 Å². The van der Waals surface area contributed by atoms with Gasteiger partial charge in [-0.15, -0.1) is 0 Å². The van der Waals surface area contributed by atoms with Gasteiger partial charge in [0.15, 0.2) is 0 Å². The van der Waals surface area contributed by atoms with Gasteiger partial charge in [-0.25, -0.2) is 0 Å². The first-order valence-electron chi connectivity index (χ1n) is 5.76. The Labute approximate surface area is 95.1 Å². The number of carbonyl (C=O) groups is 1. The van der Waals surface area contributed by atoms with Gasteiger partial charge in [-0.05, 0) is 18.8 Å². The molecule has 0 heterocycles. The lowest BCUT2D eigenvalue weighted by Gasteiger charge is -2.39. The van der Waals surface area contributed by atoms with Crippen molar-refractivity contribution < 1.29 is 4.79 Å². The third-order valence-electron chi connectivity index (χ3n) is 2.60. The summed E-state index contributed by atoms with van der Waals surface area (Å²) >= 11 is 0. The molecular weight excluding hydrogens is 186 g/mol. The molecule has 0 bridgehead atoms. The van der Waals surface area contributed by atoms with Gasteiger partial charge in [-0.2, -0.15) is 0 Å². The van der Waals surface area contributed by atoms with E-state index in [1.54, 1.807) is 0 Å². The van der Waals surface area contributed by atoms with Crippen LogP contribution >= 0.6 is 0 Å². The maximum Gasteiger partial charge on any atom is 0.207 e. The molecule has 1 amide bonds. The van der Waals surface area contributed by atoms with Crippen LogP contribution in [0, 0.1) is 5.41 Å². The summed E-state index contributed by atoms with van der Waals surface area (Å²) in [5.74, 6) is 0. The van der Waals surface area contributed by atoms with Crippen molar-refractivity contribution in [2.24, 2.45) is 5.41 Å². The molecule has 0 saturated carbocycles. The van der Waals surface area contributed by atoms with E-state index in [0.29, 0.717) is 0 Å². The standard InChI is InChI=1S/C11H21NO.C2H6/c1-6-7-8-11(5,12-9-13)10(2,3)4;1-2/h7-9H,6H2,1-5H3,(H,12,13);1-2H3. The van der Waals surface area contributed by atoms with Gasteiger partial charge in [-0.3, -0.25) is 4.79 Å². The number of hydrogen-bond donors (Lipinski definition) is 1. The van der Waals surface area contributed by atoms with Gasteiger partial charge in [0.1, 0.15) is 0 Å². The molecule has 0 fully saturated rings. The smallest absolute Gasteiger partial charge is 0.207 e. The minimum absolute atomic E-state index is 0.0274. The number of carbonyl (C=O) groups excluding carboxylic acids is 1. The van der Waals surface area contributed by atoms with Gasteiger partial charge in [0.25, 0.3) is 0 Å². The molecule has 0 saturated heterocycles. The van der Waals surface area contributed by atoms with Crippen LogP contribution < -0.4 is 5.32 Å². The molecule has 0 aromatic rings. The van der Waals surface area contributed by atoms with Crippen molar-refractivity contribution in [2.75, 3.05) is 0 Å². The number of allylic oxidation sites excluding steroid dienone is 1. The van der Waals surface area contributed by atoms with E-state index >= 15 is 0 Å². The van der Waals surface area contributed by atoms with E-state index in [2.05, 4.69) is 45.2 Å². The highest BCUT2D eigenvalue weighted by atomic mass is 16.1. The van der Waals surface area contributed by atoms with Crippen LogP contribution in [0.2, 0.25) is 0 Å². The summed E-state index contributed by atoms with van der Waals surface area (Å²) in [6.07, 6.45) is 5.92. The molecule has 2 heteroatoms. The van der Waals surface area contributed by atoms with Crippen LogP contribution in [0.3, 0.4) is 0 Å². The van der Waals surface area contributed by atoms with E-state index in [4.69, 9.17) is 0 Å². The third-order valence-corrected chi connectivity index (χ3v) is 2.60. The summed E-state index contributed by atoms with van der Waals surface area (Å²) in [7, 11) is 0. The Kier molecular flexibility index (Phi) is 8.31. The minimum atomic E-state index is -0.259. The van der Waals surface area contributed by atoms with Crippen LogP contribution in [0.5, 0.6) is 0 Å². The van der Waals surface area contributed by atoms with E-state index in [0.717, 1.165) is 12.8 Å². The molecule has 0 aromatic carbocycles. The molecule has 2 nitrogen and oxygen atoms in total. The van der Waals surface area contributed by atoms with E-state index in [1.807, 2.05) is 20.8 Å². The Balaban J connectivity index is 0. The van der Waals surface area contributed by atoms with E-state index in [9.17, 15) is 4.79 Å². The molecule has 0 aliphatic rings. The SMILES string of the molecule is CC.CCC=CC(C)(NC=O)C(C)(C)C. The van der Waals surface area contributed by atoms with Crippen molar-refractivity contribution in [1.29, 1.82) is 0 Å². The van der Waals surface area contributed by atoms with Crippen molar-refractivity contribution in [3.8, 4) is 0 Å². The van der Waals surface area contributed by atoms with Crippen molar-refractivity contribution in [1.82, 2.24) is 5.32 Å². The van der Waals surface area contributed by atoms with Crippen LogP contribution in [-0.4, -0.2) is 11.9 Å². The fourth-order valence-corrected chi connectivity index (χ4v) is 0.991. The molecule has 1 atom stereocenters. The Hall–Kier alpha value is -0.790. The third kappa shape index (κ3) is 5.60. The van der Waals surface area contributed by atoms with Crippen LogP contribution in [0.1, 0.15) is 54.9 Å². The van der Waals surface area contributed by atoms with Crippen LogP contribution in [0.15, 0.2) is 12.2 Å². The molecular formula is C13H27NO. The predicted octanol–water partition coefficient (Wildman–Crippen LogP) is 3.53. The van der Waals surface area contributed by atoms with Crippen LogP contribution in [-0.2, 0) is 4.79 Å². The molecule has 90 valence electrons. The maximum absolute atomic E-state index is 10.5. The molecule has 0 spiro atoms. The zero-order valence-electron chi connectivity index (χ0n) is 11.3. The Bertz CT molecular complexity index is 191. The molecule has 0 rings (SSSR count). The minimum Gasteiger partial charge on any atom is -0.350 e. The molecule has 1 N–H and O–H groups in total. The molecule has 0 aliphatic heterocycles. The van der Waals surface area contributed by atoms with E-state index < -0.39 is 0 Å². The predicted molar refractivity (Wildman–Crippen MR) is 67.8 cm³/mol. The first-order valence-corrected chi connectivity index (χ1v) is 5.76. The summed E-state index contributed by atoms with van der Waals surface area (Å²) in [5, 5.41) is 2.87. The molecule has 15 heavy (non-hydrogen) atoms. The lowest BCUT2D eigenvalue weighted by Crippen LogP contribution is -2.50. The molecule has 0 aliphatic carbocycles. The zero-order chi connectivity index (χ0) is 12.5. The topological polar surface area (TPSA) is 29.1 Å². The van der Waals surface area contributed by atoms with Gasteiger partial charge in [0.2, 0.25) is 6.41 Å². The number of rotatable bonds is 4. The van der Waals surface area contributed by atoms with Gasteiger partial charge in [-0.1, -0.05) is 53.7 Å². The summed E-state index contributed by atoms with van der Waals surface area (Å²) in [6, 6.07) is 0. The van der Waals surface area contributed by atoms with Crippen LogP contribution in [0.25, 0.3) is 0 Å². The number of nitrogens with one attached hydrogen (secondary N) is 1. The highest BCUT2D eigenvalue weighted by Crippen LogP contribution is 2.30. The number of amides is 1. The first kappa shape index (κ1) is 16.6. The zero-order valence-corrected chi connectivity index (χ0v) is 11.3. The summed E-state index contributed by atoms with van der Waals surface area (Å²) in [6.45, 7) is 14.5. The quantitative estimate of drug-likeness (QED) is 0.562. The monoisotopic (exact) mass is 213 g/mol. The largest absolute Gasteiger partial charge is 0.350 e. The second-order valence-electron chi connectivity index (χ2n) is 4.53. The second kappa shape index (κ2) is 7.49. The molecule has 0 aromatic heterocycles. The lowest BCUT2D eigenvalue weighted by molar-refractivity contribution is -0.111. The number of hydrogen-bond acceptors (Lipinski definition) is 1. The van der Waals surface area contributed by atoms with Gasteiger partial charge >= 0.3 is 0 Å². The Morgan fingerprint density at radius 2 is 1.60 bits per heavy atom. The van der Waals surface area contributed by atoms with Crippen LogP contribution in [0.4, 0.5) is 0 Å². The maximum atomic E-state index is 10.5. The summed E-state index contributed by atoms with van der Waals surface area (Å²) in [4.78, 5) is 10.5. The highest BCUT2D eigenvalue weighted by Gasteiger charge is 2.34. The van der Waals surface area contributed by atoms with Gasteiger partial charge in [0, 0.05) is 0 Å². The van der Waals surface area contributed by atoms with Crippen molar-refractivity contribution in [2.45, 2.75) is 60.4 Å². The Morgan fingerprint density at radius 1 is 1.13 bits per heavy atom. The normalized spacial score (nSPS) is 15.1. The average molecular weight is 213 g/mol. The first-order chi connectivity index (χ1) is 6.87. The van der Waals surface area contributed by atoms with Crippen molar-refractivity contribution in [3.05, 3.63) is 12.2 Å². The lowest BCUT2D eigenvalue weighted by atomic mass is 9.74. The molecule has 0 radical (unpaired) electrons. The molecule has 1 unspecified atom stereocenters. The summed E-state index contributed by atoms with van der Waals surface area (Å²) < 4.78 is 0. The average Bonchev–Trinajstić information content (AvgIpc) is 2.17. The van der Waals surface area contributed by atoms with Crippen molar-refractivity contribution >= 4 is 6.41 Å². The van der Waals surface area contributed by atoms with Gasteiger partial charge < -0.3 is 5.32 Å². The van der Waals surface area contributed by atoms with E-state index in [1.165, 1.54) is 0 Å². The second-order valence-corrected chi connectivity index (χ2v) is 4.53. The van der Waals surface area contributed by atoms with Gasteiger partial charge in [0.05, 0.1) is 5.54 Å². The fraction of sp³-hybridized carbons (Fsp3) is 0.769. The fourth-order valence-electron chi connectivity index (χ4n) is 0.991. The summed E-state index contributed by atoms with van der Waals surface area (Å²) in [5.41, 5.74) is -0.232. The highest BCUT2D eigenvalue weighted by molar-refractivity contribution is 5.49.